The van der Waals surface area contributed by atoms with Crippen molar-refractivity contribution in [3.05, 3.63) is 102 Å². The molecule has 1 amide bonds. The van der Waals surface area contributed by atoms with Crippen molar-refractivity contribution in [2.45, 2.75) is 18.4 Å². The largest absolute Gasteiger partial charge is 0.453 e. The summed E-state index contributed by atoms with van der Waals surface area (Å²) >= 11 is 0. The first-order valence-electron chi connectivity index (χ1n) is 11.3. The number of aromatic amines is 1. The van der Waals surface area contributed by atoms with Crippen molar-refractivity contribution in [3.8, 4) is 0 Å². The molecular weight excluding hydrogens is 428 g/mol. The molecule has 6 heteroatoms. The second-order valence-electron chi connectivity index (χ2n) is 8.69. The summed E-state index contributed by atoms with van der Waals surface area (Å²) in [6.45, 7) is 0.388. The highest BCUT2D eigenvalue weighted by atomic mass is 16.3. The fourth-order valence-corrected chi connectivity index (χ4v) is 4.91. The number of nitrogens with zero attached hydrogens (tertiary/aromatic N) is 1. The summed E-state index contributed by atoms with van der Waals surface area (Å²) in [5.41, 5.74) is 1.87. The molecule has 168 valence electrons. The van der Waals surface area contributed by atoms with Gasteiger partial charge in [0.05, 0.1) is 12.1 Å². The molecule has 0 fully saturated rings. The summed E-state index contributed by atoms with van der Waals surface area (Å²) in [4.78, 5) is 31.5. The van der Waals surface area contributed by atoms with Gasteiger partial charge in [0.1, 0.15) is 5.58 Å². The SMILES string of the molecule is O=C(CC1(O)C(=O)N(CCc2c[nH]c3ccccc23)c2ccccc21)c1cc2ccccc2o1. The predicted octanol–water partition coefficient (Wildman–Crippen LogP) is 4.96. The van der Waals surface area contributed by atoms with E-state index in [9.17, 15) is 14.7 Å². The Hall–Kier alpha value is -4.16. The Morgan fingerprint density at radius 2 is 1.76 bits per heavy atom. The van der Waals surface area contributed by atoms with E-state index in [0.29, 0.717) is 29.8 Å². The number of rotatable bonds is 6. The lowest BCUT2D eigenvalue weighted by Crippen LogP contribution is -2.42. The molecule has 0 saturated heterocycles. The molecule has 0 radical (unpaired) electrons. The third-order valence-corrected chi connectivity index (χ3v) is 6.64. The van der Waals surface area contributed by atoms with Crippen LogP contribution in [0.4, 0.5) is 5.69 Å². The lowest BCUT2D eigenvalue weighted by atomic mass is 9.89. The van der Waals surface area contributed by atoms with Crippen molar-refractivity contribution in [2.75, 3.05) is 11.4 Å². The van der Waals surface area contributed by atoms with Crippen molar-refractivity contribution < 1.29 is 19.1 Å². The van der Waals surface area contributed by atoms with E-state index in [4.69, 9.17) is 4.42 Å². The van der Waals surface area contributed by atoms with Crippen molar-refractivity contribution in [3.63, 3.8) is 0 Å². The lowest BCUT2D eigenvalue weighted by Gasteiger charge is -2.22. The van der Waals surface area contributed by atoms with Crippen LogP contribution in [0.1, 0.15) is 28.1 Å². The normalized spacial score (nSPS) is 17.6. The van der Waals surface area contributed by atoms with Gasteiger partial charge < -0.3 is 19.4 Å². The van der Waals surface area contributed by atoms with Gasteiger partial charge in [0.25, 0.3) is 5.91 Å². The molecule has 1 aliphatic heterocycles. The van der Waals surface area contributed by atoms with E-state index in [0.717, 1.165) is 21.9 Å². The monoisotopic (exact) mass is 450 g/mol. The van der Waals surface area contributed by atoms with E-state index >= 15 is 0 Å². The summed E-state index contributed by atoms with van der Waals surface area (Å²) in [7, 11) is 0. The minimum atomic E-state index is -1.94. The van der Waals surface area contributed by atoms with Gasteiger partial charge in [-0.3, -0.25) is 9.59 Å². The number of furan rings is 1. The zero-order chi connectivity index (χ0) is 23.3. The van der Waals surface area contributed by atoms with E-state index in [1.165, 1.54) is 0 Å². The predicted molar refractivity (Wildman–Crippen MR) is 130 cm³/mol. The molecule has 0 bridgehead atoms. The number of carbonyl (C=O) groups is 2. The van der Waals surface area contributed by atoms with Crippen LogP contribution in [0.3, 0.4) is 0 Å². The van der Waals surface area contributed by atoms with Crippen LogP contribution in [0, 0.1) is 0 Å². The van der Waals surface area contributed by atoms with Crippen LogP contribution in [0.15, 0.2) is 89.5 Å². The number of amides is 1. The number of H-pyrrole nitrogens is 1. The maximum Gasteiger partial charge on any atom is 0.264 e. The average Bonchev–Trinajstić information content (AvgIpc) is 3.53. The molecule has 0 spiro atoms. The number of anilines is 1. The number of ketones is 1. The first-order valence-corrected chi connectivity index (χ1v) is 11.3. The van der Waals surface area contributed by atoms with E-state index in [2.05, 4.69) is 4.98 Å². The van der Waals surface area contributed by atoms with Crippen molar-refractivity contribution >= 4 is 39.2 Å². The number of Topliss-reactive ketones (excluding diaryl/α,β-unsaturated/α-hetero) is 1. The van der Waals surface area contributed by atoms with E-state index in [1.807, 2.05) is 60.8 Å². The third kappa shape index (κ3) is 3.15. The maximum atomic E-state index is 13.5. The molecule has 2 N–H and O–H groups in total. The number of hydrogen-bond donors (Lipinski definition) is 2. The molecule has 1 unspecified atom stereocenters. The Labute approximate surface area is 195 Å². The maximum absolute atomic E-state index is 13.5. The van der Waals surface area contributed by atoms with Gasteiger partial charge in [-0.2, -0.15) is 0 Å². The van der Waals surface area contributed by atoms with Crippen molar-refractivity contribution in [1.82, 2.24) is 4.98 Å². The highest BCUT2D eigenvalue weighted by molar-refractivity contribution is 6.10. The summed E-state index contributed by atoms with van der Waals surface area (Å²) in [5.74, 6) is -0.768. The van der Waals surface area contributed by atoms with E-state index < -0.39 is 17.3 Å². The number of nitrogens with one attached hydrogen (secondary N) is 1. The van der Waals surface area contributed by atoms with Gasteiger partial charge in [-0.25, -0.2) is 0 Å². The molecule has 1 atom stereocenters. The van der Waals surface area contributed by atoms with Crippen molar-refractivity contribution in [2.24, 2.45) is 0 Å². The summed E-state index contributed by atoms with van der Waals surface area (Å²) in [6, 6.07) is 24.1. The van der Waals surface area contributed by atoms with Gasteiger partial charge in [0.15, 0.2) is 11.4 Å². The number of fused-ring (bicyclic) bond motifs is 3. The second kappa shape index (κ2) is 7.71. The third-order valence-electron chi connectivity index (χ3n) is 6.64. The van der Waals surface area contributed by atoms with Gasteiger partial charge in [-0.15, -0.1) is 0 Å². The molecule has 3 heterocycles. The van der Waals surface area contributed by atoms with Gasteiger partial charge in [-0.1, -0.05) is 54.6 Å². The van der Waals surface area contributed by atoms with Crippen LogP contribution in [0.5, 0.6) is 0 Å². The zero-order valence-corrected chi connectivity index (χ0v) is 18.3. The summed E-state index contributed by atoms with van der Waals surface area (Å²) in [6.07, 6.45) is 2.18. The number of para-hydroxylation sites is 3. The number of aromatic nitrogens is 1. The zero-order valence-electron chi connectivity index (χ0n) is 18.3. The second-order valence-corrected chi connectivity index (χ2v) is 8.69. The molecule has 0 aliphatic carbocycles. The molecule has 2 aromatic heterocycles. The van der Waals surface area contributed by atoms with Gasteiger partial charge in [-0.05, 0) is 36.2 Å². The molecule has 3 aromatic carbocycles. The minimum absolute atomic E-state index is 0.136. The van der Waals surface area contributed by atoms with Crippen LogP contribution in [0.25, 0.3) is 21.9 Å². The fourth-order valence-electron chi connectivity index (χ4n) is 4.91. The molecule has 6 rings (SSSR count). The Bertz CT molecular complexity index is 1530. The van der Waals surface area contributed by atoms with E-state index in [1.54, 1.807) is 29.2 Å². The van der Waals surface area contributed by atoms with E-state index in [-0.39, 0.29) is 12.2 Å². The number of benzene rings is 3. The number of aliphatic hydroxyl groups is 1. The fraction of sp³-hybridized carbons (Fsp3) is 0.143. The topological polar surface area (TPSA) is 86.5 Å². The van der Waals surface area contributed by atoms with Crippen LogP contribution < -0.4 is 4.90 Å². The molecule has 0 saturated carbocycles. The summed E-state index contributed by atoms with van der Waals surface area (Å²) in [5, 5.41) is 13.5. The Kier molecular flexibility index (Phi) is 4.64. The van der Waals surface area contributed by atoms with Crippen LogP contribution in [-0.4, -0.2) is 28.3 Å². The van der Waals surface area contributed by atoms with Crippen LogP contribution in [-0.2, 0) is 16.8 Å². The Morgan fingerprint density at radius 1 is 1.00 bits per heavy atom. The van der Waals surface area contributed by atoms with Gasteiger partial charge >= 0.3 is 0 Å². The standard InChI is InChI=1S/C28H22N2O4/c31-24(26-15-18-7-1-6-12-25(18)34-26)16-28(33)21-9-3-5-11-23(21)30(27(28)32)14-13-19-17-29-22-10-4-2-8-20(19)22/h1-12,15,17,29,33H,13-14,16H2. The highest BCUT2D eigenvalue weighted by Gasteiger charge is 2.51. The number of carbonyl (C=O) groups excluding carboxylic acids is 2. The first-order chi connectivity index (χ1) is 16.5. The minimum Gasteiger partial charge on any atom is -0.453 e. The Balaban J connectivity index is 1.29. The molecular formula is C28H22N2O4. The lowest BCUT2D eigenvalue weighted by molar-refractivity contribution is -0.135. The van der Waals surface area contributed by atoms with Crippen LogP contribution >= 0.6 is 0 Å². The van der Waals surface area contributed by atoms with Crippen molar-refractivity contribution in [1.29, 1.82) is 0 Å². The van der Waals surface area contributed by atoms with Crippen LogP contribution in [0.2, 0.25) is 0 Å². The first kappa shape index (κ1) is 20.4. The van der Waals surface area contributed by atoms with Gasteiger partial charge in [0, 0.05) is 34.6 Å². The highest BCUT2D eigenvalue weighted by Crippen LogP contribution is 2.43. The summed E-state index contributed by atoms with van der Waals surface area (Å²) < 4.78 is 5.68. The van der Waals surface area contributed by atoms with Gasteiger partial charge in [0.2, 0.25) is 5.78 Å². The molecule has 1 aliphatic rings. The molecule has 5 aromatic rings. The quantitative estimate of drug-likeness (QED) is 0.358. The number of hydrogen-bond acceptors (Lipinski definition) is 4. The Morgan fingerprint density at radius 3 is 2.65 bits per heavy atom. The molecule has 34 heavy (non-hydrogen) atoms. The smallest absolute Gasteiger partial charge is 0.264 e. The molecule has 6 nitrogen and oxygen atoms in total. The average molecular weight is 450 g/mol.